The van der Waals surface area contributed by atoms with E-state index in [-0.39, 0.29) is 18.3 Å². The molecule has 2 aliphatic heterocycles. The van der Waals surface area contributed by atoms with Crippen LogP contribution in [-0.4, -0.2) is 59.3 Å². The quantitative estimate of drug-likeness (QED) is 0.761. The number of carbonyl (C=O) groups is 1. The number of anilines is 2. The maximum atomic E-state index is 13.2. The molecule has 1 aromatic heterocycles. The van der Waals surface area contributed by atoms with Crippen LogP contribution < -0.4 is 21.9 Å². The third-order valence-electron chi connectivity index (χ3n) is 5.65. The molecule has 0 aromatic carbocycles. The number of rotatable bonds is 5. The van der Waals surface area contributed by atoms with Crippen molar-refractivity contribution < 1.29 is 9.53 Å². The number of hydrogen-bond acceptors (Lipinski definition) is 6. The van der Waals surface area contributed by atoms with Crippen LogP contribution in [0.4, 0.5) is 11.5 Å². The Labute approximate surface area is 164 Å². The van der Waals surface area contributed by atoms with Crippen LogP contribution >= 0.6 is 0 Å². The molecule has 9 heteroatoms. The lowest BCUT2D eigenvalue weighted by molar-refractivity contribution is -0.133. The minimum Gasteiger partial charge on any atom is -0.383 e. The van der Waals surface area contributed by atoms with Crippen LogP contribution in [0, 0.1) is 5.92 Å². The van der Waals surface area contributed by atoms with E-state index in [1.807, 2.05) is 11.8 Å². The molecular formula is C19H31N5O4. The minimum absolute atomic E-state index is 0.175. The van der Waals surface area contributed by atoms with Gasteiger partial charge >= 0.3 is 5.69 Å². The second-order valence-electron chi connectivity index (χ2n) is 7.72. The van der Waals surface area contributed by atoms with Crippen molar-refractivity contribution in [1.29, 1.82) is 0 Å². The Balaban J connectivity index is 1.97. The Kier molecular flexibility index (Phi) is 6.43. The van der Waals surface area contributed by atoms with E-state index in [9.17, 15) is 14.4 Å². The van der Waals surface area contributed by atoms with E-state index in [1.165, 1.54) is 4.57 Å². The number of amides is 1. The minimum atomic E-state index is -0.514. The summed E-state index contributed by atoms with van der Waals surface area (Å²) in [5, 5.41) is 0. The zero-order valence-corrected chi connectivity index (χ0v) is 16.9. The molecule has 0 atom stereocenters. The second-order valence-corrected chi connectivity index (χ2v) is 7.72. The van der Waals surface area contributed by atoms with Crippen molar-refractivity contribution in [3.8, 4) is 0 Å². The highest BCUT2D eigenvalue weighted by Gasteiger charge is 2.26. The molecule has 2 saturated heterocycles. The first-order valence-corrected chi connectivity index (χ1v) is 10.2. The summed E-state index contributed by atoms with van der Waals surface area (Å²) in [5.41, 5.74) is 5.53. The van der Waals surface area contributed by atoms with Gasteiger partial charge in [-0.2, -0.15) is 0 Å². The summed E-state index contributed by atoms with van der Waals surface area (Å²) in [6, 6.07) is 0. The lowest BCUT2D eigenvalue weighted by atomic mass is 9.99. The van der Waals surface area contributed by atoms with Gasteiger partial charge in [0.25, 0.3) is 5.56 Å². The van der Waals surface area contributed by atoms with Gasteiger partial charge in [0.2, 0.25) is 5.91 Å². The van der Waals surface area contributed by atoms with E-state index < -0.39 is 11.2 Å². The Morgan fingerprint density at radius 1 is 1.11 bits per heavy atom. The van der Waals surface area contributed by atoms with E-state index in [2.05, 4.69) is 6.92 Å². The molecule has 3 heterocycles. The number of ether oxygens (including phenoxy) is 1. The highest BCUT2D eigenvalue weighted by molar-refractivity contribution is 5.76. The molecule has 0 radical (unpaired) electrons. The largest absolute Gasteiger partial charge is 0.383 e. The number of nitrogens with zero attached hydrogens (tertiary/aromatic N) is 4. The summed E-state index contributed by atoms with van der Waals surface area (Å²) in [5.74, 6) is 0.582. The first-order valence-electron chi connectivity index (χ1n) is 10.2. The predicted molar refractivity (Wildman–Crippen MR) is 108 cm³/mol. The number of piperidine rings is 1. The highest BCUT2D eigenvalue weighted by atomic mass is 16.5. The fourth-order valence-electron chi connectivity index (χ4n) is 3.86. The van der Waals surface area contributed by atoms with Crippen molar-refractivity contribution in [2.24, 2.45) is 5.92 Å². The van der Waals surface area contributed by atoms with Gasteiger partial charge in [0.15, 0.2) is 0 Å². The topological polar surface area (TPSA) is 103 Å². The van der Waals surface area contributed by atoms with Crippen LogP contribution in [-0.2, 0) is 22.6 Å². The average molecular weight is 393 g/mol. The maximum Gasteiger partial charge on any atom is 0.333 e. The normalized spacial score (nSPS) is 18.5. The molecule has 1 amide bonds. The molecule has 0 unspecified atom stereocenters. The van der Waals surface area contributed by atoms with E-state index in [0.717, 1.165) is 17.4 Å². The predicted octanol–water partition coefficient (Wildman–Crippen LogP) is 0.0973. The summed E-state index contributed by atoms with van der Waals surface area (Å²) in [6.07, 6.45) is 2.59. The van der Waals surface area contributed by atoms with Gasteiger partial charge in [-0.3, -0.25) is 14.2 Å². The second kappa shape index (κ2) is 8.81. The van der Waals surface area contributed by atoms with Crippen LogP contribution in [0.25, 0.3) is 0 Å². The Morgan fingerprint density at radius 3 is 2.36 bits per heavy atom. The molecule has 0 bridgehead atoms. The maximum absolute atomic E-state index is 13.2. The van der Waals surface area contributed by atoms with Gasteiger partial charge in [-0.25, -0.2) is 9.36 Å². The van der Waals surface area contributed by atoms with Gasteiger partial charge in [-0.1, -0.05) is 13.8 Å². The number of nitrogen functional groups attached to an aromatic ring is 1. The molecule has 0 aliphatic carbocycles. The zero-order chi connectivity index (χ0) is 20.3. The summed E-state index contributed by atoms with van der Waals surface area (Å²) < 4.78 is 7.83. The third-order valence-corrected chi connectivity index (χ3v) is 5.65. The van der Waals surface area contributed by atoms with Gasteiger partial charge < -0.3 is 20.3 Å². The monoisotopic (exact) mass is 393 g/mol. The Hall–Kier alpha value is -2.29. The van der Waals surface area contributed by atoms with Crippen molar-refractivity contribution in [3.63, 3.8) is 0 Å². The highest BCUT2D eigenvalue weighted by Crippen LogP contribution is 2.19. The van der Waals surface area contributed by atoms with Crippen LogP contribution in [0.1, 0.15) is 33.1 Å². The molecule has 0 saturated carbocycles. The Bertz CT molecular complexity index is 817. The fourth-order valence-corrected chi connectivity index (χ4v) is 3.86. The number of carbonyl (C=O) groups excluding carboxylic acids is 1. The van der Waals surface area contributed by atoms with Crippen LogP contribution in [0.3, 0.4) is 0 Å². The summed E-state index contributed by atoms with van der Waals surface area (Å²) >= 11 is 0. The standard InChI is InChI=1S/C19H31N5O4/c1-3-6-23-17(20)16(22-9-11-28-12-10-22)18(26)24(19(23)27)13-15(25)21-7-4-14(2)5-8-21/h14H,3-13,20H2,1-2H3. The fraction of sp³-hybridized carbons (Fsp3) is 0.737. The molecule has 2 N–H and O–H groups in total. The van der Waals surface area contributed by atoms with Crippen LogP contribution in [0.5, 0.6) is 0 Å². The van der Waals surface area contributed by atoms with Gasteiger partial charge in [0, 0.05) is 32.7 Å². The molecule has 156 valence electrons. The van der Waals surface area contributed by atoms with Crippen molar-refractivity contribution in [2.45, 2.75) is 46.2 Å². The SMILES string of the molecule is CCCn1c(N)c(N2CCOCC2)c(=O)n(CC(=O)N2CCC(C)CC2)c1=O. The van der Waals surface area contributed by atoms with E-state index >= 15 is 0 Å². The zero-order valence-electron chi connectivity index (χ0n) is 16.9. The molecule has 1 aromatic rings. The van der Waals surface area contributed by atoms with Crippen molar-refractivity contribution in [1.82, 2.24) is 14.0 Å². The van der Waals surface area contributed by atoms with Crippen LogP contribution in [0.15, 0.2) is 9.59 Å². The van der Waals surface area contributed by atoms with E-state index in [4.69, 9.17) is 10.5 Å². The molecule has 0 spiro atoms. The number of nitrogens with two attached hydrogens (primary N) is 1. The van der Waals surface area contributed by atoms with Crippen molar-refractivity contribution in [2.75, 3.05) is 50.0 Å². The number of morpholine rings is 1. The lowest BCUT2D eigenvalue weighted by Gasteiger charge is -2.32. The number of hydrogen-bond donors (Lipinski definition) is 1. The lowest BCUT2D eigenvalue weighted by Crippen LogP contribution is -2.50. The number of aromatic nitrogens is 2. The summed E-state index contributed by atoms with van der Waals surface area (Å²) in [4.78, 5) is 42.5. The van der Waals surface area contributed by atoms with Gasteiger partial charge in [-0.15, -0.1) is 0 Å². The van der Waals surface area contributed by atoms with E-state index in [0.29, 0.717) is 64.0 Å². The van der Waals surface area contributed by atoms with Gasteiger partial charge in [0.1, 0.15) is 18.1 Å². The number of likely N-dealkylation sites (tertiary alicyclic amines) is 1. The first-order chi connectivity index (χ1) is 13.4. The van der Waals surface area contributed by atoms with Crippen LogP contribution in [0.2, 0.25) is 0 Å². The van der Waals surface area contributed by atoms with Crippen molar-refractivity contribution in [3.05, 3.63) is 20.8 Å². The third kappa shape index (κ3) is 4.09. The van der Waals surface area contributed by atoms with Gasteiger partial charge in [-0.05, 0) is 25.2 Å². The van der Waals surface area contributed by atoms with Crippen molar-refractivity contribution >= 4 is 17.4 Å². The van der Waals surface area contributed by atoms with E-state index in [1.54, 1.807) is 4.90 Å². The first kappa shape index (κ1) is 20.4. The average Bonchev–Trinajstić information content (AvgIpc) is 2.70. The Morgan fingerprint density at radius 2 is 1.75 bits per heavy atom. The molecular weight excluding hydrogens is 362 g/mol. The molecule has 28 heavy (non-hydrogen) atoms. The van der Waals surface area contributed by atoms with Gasteiger partial charge in [0.05, 0.1) is 13.2 Å². The molecule has 2 fully saturated rings. The summed E-state index contributed by atoms with van der Waals surface area (Å²) in [6.45, 7) is 7.66. The molecule has 2 aliphatic rings. The summed E-state index contributed by atoms with van der Waals surface area (Å²) in [7, 11) is 0. The molecule has 3 rings (SSSR count). The molecule has 9 nitrogen and oxygen atoms in total. The smallest absolute Gasteiger partial charge is 0.333 e.